The molecule has 0 aliphatic rings. The fraction of sp³-hybridized carbons (Fsp3) is 0.577. The number of sulfonamides is 1. The molecular formula is C26H30F11N3O8S. The largest absolute Gasteiger partial charge is 0.460 e. The summed E-state index contributed by atoms with van der Waals surface area (Å²) < 4.78 is 184. The van der Waals surface area contributed by atoms with Crippen molar-refractivity contribution in [2.24, 2.45) is 0 Å². The number of amides is 2. The average molecular weight is 754 g/mol. The molecule has 0 saturated heterocycles. The van der Waals surface area contributed by atoms with Crippen LogP contribution >= 0.6 is 0 Å². The first-order valence-corrected chi connectivity index (χ1v) is 14.9. The van der Waals surface area contributed by atoms with Gasteiger partial charge in [0.05, 0.1) is 6.61 Å². The summed E-state index contributed by atoms with van der Waals surface area (Å²) in [5, 5.41) is -2.50. The number of halogens is 11. The summed E-state index contributed by atoms with van der Waals surface area (Å²) in [6, 6.07) is 4.10. The van der Waals surface area contributed by atoms with Crippen LogP contribution in [0.25, 0.3) is 0 Å². The van der Waals surface area contributed by atoms with E-state index >= 15 is 0 Å². The number of hydrogen-bond acceptors (Lipinski definition) is 8. The third-order valence-electron chi connectivity index (χ3n) is 6.17. The Labute approximate surface area is 271 Å². The molecule has 0 fully saturated rings. The second-order valence-electron chi connectivity index (χ2n) is 10.3. The Kier molecular flexibility index (Phi) is 13.9. The highest BCUT2D eigenvalue weighted by Crippen LogP contribution is 2.58. The third-order valence-corrected chi connectivity index (χ3v) is 8.08. The van der Waals surface area contributed by atoms with Gasteiger partial charge in [-0.2, -0.15) is 52.6 Å². The molecule has 0 bridgehead atoms. The molecule has 0 aliphatic heterocycles. The van der Waals surface area contributed by atoms with Gasteiger partial charge in [-0.3, -0.25) is 10.6 Å². The smallest absolute Gasteiger partial charge is 0.458 e. The third kappa shape index (κ3) is 9.85. The van der Waals surface area contributed by atoms with E-state index in [0.29, 0.717) is 5.56 Å². The lowest BCUT2D eigenvalue weighted by molar-refractivity contribution is -0.413. The van der Waals surface area contributed by atoms with Crippen molar-refractivity contribution < 1.29 is 85.3 Å². The van der Waals surface area contributed by atoms with E-state index in [-0.39, 0.29) is 37.0 Å². The van der Waals surface area contributed by atoms with E-state index in [2.05, 4.69) is 17.2 Å². The van der Waals surface area contributed by atoms with Crippen LogP contribution in [0.1, 0.15) is 32.3 Å². The molecule has 280 valence electrons. The number of hydrogen-bond donors (Lipinski definition) is 2. The number of rotatable bonds is 16. The summed E-state index contributed by atoms with van der Waals surface area (Å²) in [7, 11) is -6.83. The van der Waals surface area contributed by atoms with Crippen molar-refractivity contribution in [1.29, 1.82) is 0 Å². The average Bonchev–Trinajstić information content (AvgIpc) is 2.96. The van der Waals surface area contributed by atoms with Crippen LogP contribution in [0.2, 0.25) is 0 Å². The molecule has 1 rings (SSSR count). The van der Waals surface area contributed by atoms with Gasteiger partial charge >= 0.3 is 47.4 Å². The molecule has 2 amide bonds. The van der Waals surface area contributed by atoms with Gasteiger partial charge in [-0.1, -0.05) is 12.6 Å². The molecule has 0 aliphatic carbocycles. The quantitative estimate of drug-likeness (QED) is 0.0625. The van der Waals surface area contributed by atoms with Gasteiger partial charge < -0.3 is 14.2 Å². The maximum Gasteiger partial charge on any atom is 0.460 e. The number of benzene rings is 1. The van der Waals surface area contributed by atoms with E-state index in [1.807, 2.05) is 0 Å². The van der Waals surface area contributed by atoms with Gasteiger partial charge in [0.1, 0.15) is 12.7 Å². The van der Waals surface area contributed by atoms with Gasteiger partial charge in [-0.05, 0) is 51.3 Å². The van der Waals surface area contributed by atoms with Crippen molar-refractivity contribution in [3.8, 4) is 0 Å². The molecule has 0 heterocycles. The Bertz CT molecular complexity index is 1490. The molecule has 1 aromatic rings. The molecule has 0 aromatic heterocycles. The van der Waals surface area contributed by atoms with Gasteiger partial charge in [0.15, 0.2) is 0 Å². The minimum absolute atomic E-state index is 0.0521. The summed E-state index contributed by atoms with van der Waals surface area (Å²) in [5.41, 5.74) is 0.832. The van der Waals surface area contributed by atoms with Gasteiger partial charge in [0.25, 0.3) is 10.0 Å². The maximum atomic E-state index is 14.1. The normalized spacial score (nSPS) is 13.8. The van der Waals surface area contributed by atoms with Crippen LogP contribution in [-0.2, 0) is 29.0 Å². The molecule has 49 heavy (non-hydrogen) atoms. The summed E-state index contributed by atoms with van der Waals surface area (Å²) in [6.07, 6.45) is -11.4. The number of carbonyl (C=O) groups is 3. The van der Waals surface area contributed by atoms with Crippen molar-refractivity contribution in [3.63, 3.8) is 0 Å². The molecule has 23 heteroatoms. The highest BCUT2D eigenvalue weighted by atomic mass is 32.2. The van der Waals surface area contributed by atoms with Crippen molar-refractivity contribution in [1.82, 2.24) is 4.31 Å². The first-order valence-electron chi connectivity index (χ1n) is 13.4. The standard InChI is InChI=1S/C26H30F11N3O8S/c1-14(2)19(41)47-13-16(4)48-21(43)39-18-12-17(9-8-15(18)3)38-20(42)46-11-7-6-10-40(5)49(44,45)26(36,37)24(31,32)22(27,28)23(29,30)25(33,34)35/h8-9,12,16H,1,6-7,10-11,13H2,2-5H3,(H,38,42)(H,39,43). The number of carbonyl (C=O) groups excluding carboxylic acids is 3. The number of nitrogens with one attached hydrogen (secondary N) is 2. The van der Waals surface area contributed by atoms with Crippen molar-refractivity contribution >= 4 is 39.6 Å². The van der Waals surface area contributed by atoms with E-state index in [0.717, 1.165) is 0 Å². The van der Waals surface area contributed by atoms with E-state index in [9.17, 15) is 71.1 Å². The second kappa shape index (κ2) is 15.8. The zero-order chi connectivity index (χ0) is 38.4. The molecule has 2 N–H and O–H groups in total. The Hall–Kier alpha value is -3.89. The summed E-state index contributed by atoms with van der Waals surface area (Å²) in [5.74, 6) is -24.1. The van der Waals surface area contributed by atoms with Crippen LogP contribution in [0, 0.1) is 6.92 Å². The summed E-state index contributed by atoms with van der Waals surface area (Å²) in [6.45, 7) is 5.79. The number of unbranched alkanes of at least 4 members (excludes halogenated alkanes) is 1. The predicted molar refractivity (Wildman–Crippen MR) is 148 cm³/mol. The predicted octanol–water partition coefficient (Wildman–Crippen LogP) is 6.70. The molecule has 0 radical (unpaired) electrons. The number of alkyl halides is 11. The van der Waals surface area contributed by atoms with Crippen molar-refractivity contribution in [2.45, 2.75) is 68.9 Å². The van der Waals surface area contributed by atoms with Crippen LogP contribution in [-0.4, -0.2) is 93.0 Å². The zero-order valence-electron chi connectivity index (χ0n) is 25.8. The number of esters is 1. The van der Waals surface area contributed by atoms with Crippen LogP contribution < -0.4 is 10.6 Å². The number of aryl methyl sites for hydroxylation is 1. The van der Waals surface area contributed by atoms with Crippen molar-refractivity contribution in [2.75, 3.05) is 37.4 Å². The lowest BCUT2D eigenvalue weighted by Gasteiger charge is -2.37. The van der Waals surface area contributed by atoms with E-state index in [1.54, 1.807) is 6.92 Å². The first-order chi connectivity index (χ1) is 22.0. The van der Waals surface area contributed by atoms with E-state index < -0.39 is 87.4 Å². The molecule has 1 unspecified atom stereocenters. The van der Waals surface area contributed by atoms with Crippen LogP contribution in [0.3, 0.4) is 0 Å². The van der Waals surface area contributed by atoms with Crippen molar-refractivity contribution in [3.05, 3.63) is 35.9 Å². The molecule has 1 aromatic carbocycles. The summed E-state index contributed by atoms with van der Waals surface area (Å²) in [4.78, 5) is 35.7. The number of anilines is 2. The Morgan fingerprint density at radius 2 is 1.45 bits per heavy atom. The highest BCUT2D eigenvalue weighted by Gasteiger charge is 2.89. The minimum atomic E-state index is -7.89. The van der Waals surface area contributed by atoms with Gasteiger partial charge in [0.2, 0.25) is 0 Å². The Morgan fingerprint density at radius 1 is 0.878 bits per heavy atom. The molecular weight excluding hydrogens is 723 g/mol. The monoisotopic (exact) mass is 753 g/mol. The van der Waals surface area contributed by atoms with Crippen LogP contribution in [0.4, 0.5) is 69.3 Å². The minimum Gasteiger partial charge on any atom is -0.458 e. The fourth-order valence-electron chi connectivity index (χ4n) is 3.30. The maximum absolute atomic E-state index is 14.1. The molecule has 0 spiro atoms. The first kappa shape index (κ1) is 43.1. The van der Waals surface area contributed by atoms with E-state index in [1.165, 1.54) is 32.0 Å². The Morgan fingerprint density at radius 3 is 1.98 bits per heavy atom. The van der Waals surface area contributed by atoms with Gasteiger partial charge in [-0.25, -0.2) is 22.8 Å². The lowest BCUT2D eigenvalue weighted by Crippen LogP contribution is -2.69. The van der Waals surface area contributed by atoms with E-state index in [4.69, 9.17) is 14.2 Å². The Balaban J connectivity index is 2.73. The zero-order valence-corrected chi connectivity index (χ0v) is 26.6. The SMILES string of the molecule is C=C(C)C(=O)OCC(C)OC(=O)Nc1cc(NC(=O)OCCCCN(C)S(=O)(=O)C(F)(F)C(F)(F)C(F)(F)C(F)(F)C(F)(F)F)ccc1C. The molecule has 0 saturated carbocycles. The van der Waals surface area contributed by atoms with Crippen LogP contribution in [0.15, 0.2) is 30.4 Å². The fourth-order valence-corrected chi connectivity index (χ4v) is 4.51. The molecule has 11 nitrogen and oxygen atoms in total. The highest BCUT2D eigenvalue weighted by molar-refractivity contribution is 7.90. The second-order valence-corrected chi connectivity index (χ2v) is 12.4. The molecule has 1 atom stereocenters. The topological polar surface area (TPSA) is 140 Å². The lowest BCUT2D eigenvalue weighted by atomic mass is 10.0. The van der Waals surface area contributed by atoms with Gasteiger partial charge in [-0.15, -0.1) is 0 Å². The summed E-state index contributed by atoms with van der Waals surface area (Å²) >= 11 is 0. The van der Waals surface area contributed by atoms with Crippen LogP contribution in [0.5, 0.6) is 0 Å². The number of nitrogens with zero attached hydrogens (tertiary/aromatic N) is 1. The van der Waals surface area contributed by atoms with Gasteiger partial charge in [0, 0.05) is 30.5 Å². The number of ether oxygens (including phenoxy) is 3.